The highest BCUT2D eigenvalue weighted by Crippen LogP contribution is 2.30. The van der Waals surface area contributed by atoms with E-state index in [9.17, 15) is 14.4 Å². The molecule has 0 spiro atoms. The van der Waals surface area contributed by atoms with E-state index in [0.717, 1.165) is 16.0 Å². The molecular formula is C23H20N2O5. The van der Waals surface area contributed by atoms with E-state index in [1.807, 2.05) is 13.0 Å². The maximum Gasteiger partial charge on any atom is 0.335 e. The number of aryl methyl sites for hydroxylation is 2. The van der Waals surface area contributed by atoms with Gasteiger partial charge in [0.15, 0.2) is 0 Å². The number of anilines is 1. The summed E-state index contributed by atoms with van der Waals surface area (Å²) in [6.07, 6.45) is 6.63. The van der Waals surface area contributed by atoms with Crippen molar-refractivity contribution in [3.63, 3.8) is 0 Å². The van der Waals surface area contributed by atoms with Crippen molar-refractivity contribution in [3.8, 4) is 23.8 Å². The molecule has 0 aliphatic carbocycles. The third kappa shape index (κ3) is 4.03. The number of rotatable bonds is 5. The second-order valence-corrected chi connectivity index (χ2v) is 6.64. The number of ether oxygens (including phenoxy) is 2. The molecule has 0 unspecified atom stereocenters. The van der Waals surface area contributed by atoms with Crippen LogP contribution in [0.15, 0.2) is 42.0 Å². The number of urea groups is 1. The smallest absolute Gasteiger partial charge is 0.335 e. The molecule has 7 heteroatoms. The van der Waals surface area contributed by atoms with Gasteiger partial charge in [-0.2, -0.15) is 0 Å². The molecule has 0 saturated carbocycles. The number of imide groups is 2. The summed E-state index contributed by atoms with van der Waals surface area (Å²) < 4.78 is 10.7. The number of barbiturate groups is 1. The van der Waals surface area contributed by atoms with Crippen LogP contribution in [0.2, 0.25) is 0 Å². The summed E-state index contributed by atoms with van der Waals surface area (Å²) in [6.45, 7) is 3.63. The molecule has 1 saturated heterocycles. The number of amides is 4. The Bertz CT molecular complexity index is 1110. The van der Waals surface area contributed by atoms with Crippen molar-refractivity contribution in [2.45, 2.75) is 13.8 Å². The van der Waals surface area contributed by atoms with Crippen LogP contribution in [0.1, 0.15) is 16.7 Å². The molecule has 2 aromatic rings. The Kier molecular flexibility index (Phi) is 5.88. The van der Waals surface area contributed by atoms with E-state index < -0.39 is 17.8 Å². The molecule has 4 amide bonds. The van der Waals surface area contributed by atoms with Gasteiger partial charge in [-0.3, -0.25) is 14.9 Å². The molecular weight excluding hydrogens is 384 g/mol. The SMILES string of the molecule is C#CCOc1cc(OC)ccc1/C=C1\C(=O)NC(=O)N(c2cc(C)ccc2C)C1=O. The summed E-state index contributed by atoms with van der Waals surface area (Å²) in [4.78, 5) is 39.0. The minimum absolute atomic E-state index is 0.00339. The molecule has 1 heterocycles. The van der Waals surface area contributed by atoms with Crippen LogP contribution in [0, 0.1) is 26.2 Å². The number of carbonyl (C=O) groups excluding carboxylic acids is 3. The predicted octanol–water partition coefficient (Wildman–Crippen LogP) is 2.99. The summed E-state index contributed by atoms with van der Waals surface area (Å²) in [5, 5.41) is 2.22. The van der Waals surface area contributed by atoms with Gasteiger partial charge in [-0.05, 0) is 49.2 Å². The van der Waals surface area contributed by atoms with E-state index in [1.54, 1.807) is 37.3 Å². The van der Waals surface area contributed by atoms with E-state index >= 15 is 0 Å². The number of hydrogen-bond acceptors (Lipinski definition) is 5. The van der Waals surface area contributed by atoms with E-state index in [0.29, 0.717) is 22.7 Å². The topological polar surface area (TPSA) is 84.9 Å². The Labute approximate surface area is 174 Å². The lowest BCUT2D eigenvalue weighted by molar-refractivity contribution is -0.122. The van der Waals surface area contributed by atoms with Crippen LogP contribution in [-0.4, -0.2) is 31.6 Å². The Morgan fingerprint density at radius 1 is 1.13 bits per heavy atom. The van der Waals surface area contributed by atoms with Gasteiger partial charge in [0.25, 0.3) is 11.8 Å². The molecule has 3 rings (SSSR count). The molecule has 7 nitrogen and oxygen atoms in total. The highest BCUT2D eigenvalue weighted by molar-refractivity contribution is 6.39. The number of nitrogens with zero attached hydrogens (tertiary/aromatic N) is 1. The van der Waals surface area contributed by atoms with Gasteiger partial charge in [-0.1, -0.05) is 18.1 Å². The van der Waals surface area contributed by atoms with E-state index in [-0.39, 0.29) is 12.2 Å². The van der Waals surface area contributed by atoms with Gasteiger partial charge in [-0.15, -0.1) is 6.42 Å². The van der Waals surface area contributed by atoms with E-state index in [4.69, 9.17) is 15.9 Å². The lowest BCUT2D eigenvalue weighted by Gasteiger charge is -2.28. The van der Waals surface area contributed by atoms with E-state index in [1.165, 1.54) is 13.2 Å². The number of nitrogens with one attached hydrogen (secondary N) is 1. The first-order valence-electron chi connectivity index (χ1n) is 9.08. The van der Waals surface area contributed by atoms with Crippen LogP contribution in [0.4, 0.5) is 10.5 Å². The van der Waals surface area contributed by atoms with Crippen molar-refractivity contribution in [2.75, 3.05) is 18.6 Å². The van der Waals surface area contributed by atoms with Crippen LogP contribution in [-0.2, 0) is 9.59 Å². The standard InChI is InChI=1S/C23H20N2O5/c1-5-10-30-20-13-17(29-4)9-8-16(20)12-18-21(26)24-23(28)25(22(18)27)19-11-14(2)6-7-15(19)3/h1,6-9,11-13H,10H2,2-4H3,(H,24,26,28)/b18-12+. The number of carbonyl (C=O) groups is 3. The first-order chi connectivity index (χ1) is 14.3. The zero-order chi connectivity index (χ0) is 21.8. The zero-order valence-corrected chi connectivity index (χ0v) is 16.8. The maximum absolute atomic E-state index is 13.1. The fraction of sp³-hybridized carbons (Fsp3) is 0.174. The van der Waals surface area contributed by atoms with Gasteiger partial charge in [0.05, 0.1) is 12.8 Å². The third-order valence-corrected chi connectivity index (χ3v) is 4.54. The number of benzene rings is 2. The molecule has 1 aliphatic rings. The number of terminal acetylenes is 1. The van der Waals surface area contributed by atoms with Crippen LogP contribution in [0.3, 0.4) is 0 Å². The second-order valence-electron chi connectivity index (χ2n) is 6.64. The lowest BCUT2D eigenvalue weighted by atomic mass is 10.0. The summed E-state index contributed by atoms with van der Waals surface area (Å²) in [6, 6.07) is 9.50. The quantitative estimate of drug-likeness (QED) is 0.471. The highest BCUT2D eigenvalue weighted by Gasteiger charge is 2.37. The minimum atomic E-state index is -0.797. The first kappa shape index (κ1) is 20.7. The van der Waals surface area contributed by atoms with Crippen LogP contribution < -0.4 is 19.7 Å². The molecule has 30 heavy (non-hydrogen) atoms. The lowest BCUT2D eigenvalue weighted by Crippen LogP contribution is -2.54. The van der Waals surface area contributed by atoms with Crippen molar-refractivity contribution in [2.24, 2.45) is 0 Å². The van der Waals surface area contributed by atoms with Crippen molar-refractivity contribution < 1.29 is 23.9 Å². The van der Waals surface area contributed by atoms with Gasteiger partial charge < -0.3 is 9.47 Å². The summed E-state index contributed by atoms with van der Waals surface area (Å²) in [5.74, 6) is 1.72. The monoisotopic (exact) mass is 404 g/mol. The van der Waals surface area contributed by atoms with Crippen LogP contribution in [0.5, 0.6) is 11.5 Å². The molecule has 1 N–H and O–H groups in total. The van der Waals surface area contributed by atoms with Crippen LogP contribution in [0.25, 0.3) is 6.08 Å². The molecule has 1 aliphatic heterocycles. The van der Waals surface area contributed by atoms with Crippen molar-refractivity contribution in [1.82, 2.24) is 5.32 Å². The van der Waals surface area contributed by atoms with Crippen LogP contribution >= 0.6 is 0 Å². The number of methoxy groups -OCH3 is 1. The summed E-state index contributed by atoms with van der Waals surface area (Å²) in [7, 11) is 1.50. The maximum atomic E-state index is 13.1. The fourth-order valence-corrected chi connectivity index (χ4v) is 3.00. The Hall–Kier alpha value is -4.05. The van der Waals surface area contributed by atoms with Crippen molar-refractivity contribution in [3.05, 3.63) is 58.7 Å². The van der Waals surface area contributed by atoms with Gasteiger partial charge in [0.1, 0.15) is 23.7 Å². The largest absolute Gasteiger partial charge is 0.497 e. The molecule has 0 bridgehead atoms. The average Bonchev–Trinajstić information content (AvgIpc) is 2.72. The van der Waals surface area contributed by atoms with Crippen molar-refractivity contribution >= 4 is 29.6 Å². The van der Waals surface area contributed by atoms with Gasteiger partial charge >= 0.3 is 6.03 Å². The molecule has 2 aromatic carbocycles. The molecule has 152 valence electrons. The molecule has 0 aromatic heterocycles. The Morgan fingerprint density at radius 2 is 1.90 bits per heavy atom. The van der Waals surface area contributed by atoms with Gasteiger partial charge in [0, 0.05) is 11.6 Å². The average molecular weight is 404 g/mol. The zero-order valence-electron chi connectivity index (χ0n) is 16.8. The highest BCUT2D eigenvalue weighted by atomic mass is 16.5. The first-order valence-corrected chi connectivity index (χ1v) is 9.08. The summed E-state index contributed by atoms with van der Waals surface area (Å²) in [5.41, 5.74) is 2.25. The van der Waals surface area contributed by atoms with Crippen molar-refractivity contribution in [1.29, 1.82) is 0 Å². The third-order valence-electron chi connectivity index (χ3n) is 4.54. The van der Waals surface area contributed by atoms with Gasteiger partial charge in [-0.25, -0.2) is 9.69 Å². The minimum Gasteiger partial charge on any atom is -0.497 e. The fourth-order valence-electron chi connectivity index (χ4n) is 3.00. The van der Waals surface area contributed by atoms with Gasteiger partial charge in [0.2, 0.25) is 0 Å². The normalized spacial score (nSPS) is 15.1. The Morgan fingerprint density at radius 3 is 2.60 bits per heavy atom. The molecule has 1 fully saturated rings. The summed E-state index contributed by atoms with van der Waals surface area (Å²) >= 11 is 0. The predicted molar refractivity (Wildman–Crippen MR) is 112 cm³/mol. The number of hydrogen-bond donors (Lipinski definition) is 1. The van der Waals surface area contributed by atoms with E-state index in [2.05, 4.69) is 11.2 Å². The Balaban J connectivity index is 2.07. The molecule has 0 radical (unpaired) electrons. The second kappa shape index (κ2) is 8.53. The molecule has 0 atom stereocenters.